The molecule has 1 aromatic carbocycles. The molecule has 3 rings (SSSR count). The zero-order valence-electron chi connectivity index (χ0n) is 18.6. The SMILES string of the molecule is CCCCCCCC(=O)OCC(C(=O)OC1C[C@H]2CC[C@@H](C1)N2C)c1ccccc1. The molecule has 0 spiro atoms. The lowest BCUT2D eigenvalue weighted by atomic mass is 9.98. The summed E-state index contributed by atoms with van der Waals surface area (Å²) in [7, 11) is 2.18. The fourth-order valence-corrected chi connectivity index (χ4v) is 4.81. The number of unbranched alkanes of at least 4 members (excludes halogenated alkanes) is 4. The number of nitrogens with zero attached hydrogens (tertiary/aromatic N) is 1. The number of fused-ring (bicyclic) bond motifs is 2. The van der Waals surface area contributed by atoms with Gasteiger partial charge in [0.15, 0.2) is 0 Å². The Morgan fingerprint density at radius 1 is 1.03 bits per heavy atom. The molecule has 0 aliphatic carbocycles. The molecular formula is C25H37NO4. The minimum Gasteiger partial charge on any atom is -0.464 e. The van der Waals surface area contributed by atoms with E-state index in [0.717, 1.165) is 37.7 Å². The number of carbonyl (C=O) groups is 2. The van der Waals surface area contributed by atoms with E-state index in [2.05, 4.69) is 18.9 Å². The van der Waals surface area contributed by atoms with Crippen molar-refractivity contribution in [3.8, 4) is 0 Å². The highest BCUT2D eigenvalue weighted by Gasteiger charge is 2.40. The molecule has 0 radical (unpaired) electrons. The highest BCUT2D eigenvalue weighted by Crippen LogP contribution is 2.36. The van der Waals surface area contributed by atoms with E-state index in [9.17, 15) is 9.59 Å². The maximum absolute atomic E-state index is 13.0. The van der Waals surface area contributed by atoms with E-state index in [1.54, 1.807) is 0 Å². The lowest BCUT2D eigenvalue weighted by Gasteiger charge is -2.36. The molecule has 30 heavy (non-hydrogen) atoms. The largest absolute Gasteiger partial charge is 0.464 e. The number of hydrogen-bond acceptors (Lipinski definition) is 5. The number of carbonyl (C=O) groups excluding carboxylic acids is 2. The molecule has 5 nitrogen and oxygen atoms in total. The highest BCUT2D eigenvalue weighted by molar-refractivity contribution is 5.79. The van der Waals surface area contributed by atoms with Crippen LogP contribution in [0.2, 0.25) is 0 Å². The lowest BCUT2D eigenvalue weighted by molar-refractivity contribution is -0.158. The number of benzene rings is 1. The van der Waals surface area contributed by atoms with E-state index in [1.165, 1.54) is 25.7 Å². The minimum atomic E-state index is -0.562. The van der Waals surface area contributed by atoms with E-state index in [-0.39, 0.29) is 24.6 Å². The molecule has 0 aromatic heterocycles. The molecule has 2 fully saturated rings. The Hall–Kier alpha value is -1.88. The second kappa shape index (κ2) is 11.5. The summed E-state index contributed by atoms with van der Waals surface area (Å²) in [5, 5.41) is 0. The van der Waals surface area contributed by atoms with Crippen LogP contribution in [-0.2, 0) is 19.1 Å². The fourth-order valence-electron chi connectivity index (χ4n) is 4.81. The molecule has 1 aromatic rings. The summed E-state index contributed by atoms with van der Waals surface area (Å²) < 4.78 is 11.4. The normalized spacial score (nSPS) is 24.4. The van der Waals surface area contributed by atoms with Crippen molar-refractivity contribution in [3.05, 3.63) is 35.9 Å². The van der Waals surface area contributed by atoms with Gasteiger partial charge in [0.1, 0.15) is 18.6 Å². The van der Waals surface area contributed by atoms with Crippen LogP contribution in [-0.4, -0.2) is 48.7 Å². The van der Waals surface area contributed by atoms with Gasteiger partial charge in [0.2, 0.25) is 0 Å². The second-order valence-electron chi connectivity index (χ2n) is 8.89. The molecule has 2 unspecified atom stereocenters. The Morgan fingerprint density at radius 2 is 1.70 bits per heavy atom. The molecule has 2 aliphatic rings. The summed E-state index contributed by atoms with van der Waals surface area (Å²) in [5.74, 6) is -1.06. The van der Waals surface area contributed by atoms with Gasteiger partial charge in [-0.05, 0) is 44.7 Å². The summed E-state index contributed by atoms with van der Waals surface area (Å²) in [6.45, 7) is 2.23. The standard InChI is InChI=1S/C25H37NO4/c1-3-4-5-6-10-13-24(27)29-18-23(19-11-8-7-9-12-19)25(28)30-22-16-20-14-15-21(17-22)26(20)2/h7-9,11-12,20-23H,3-6,10,13-18H2,1-2H3/t20-,21+,22?,23?. The average Bonchev–Trinajstić information content (AvgIpc) is 2.95. The Kier molecular flexibility index (Phi) is 8.74. The monoisotopic (exact) mass is 415 g/mol. The topological polar surface area (TPSA) is 55.8 Å². The molecule has 4 atom stereocenters. The van der Waals surface area contributed by atoms with E-state index < -0.39 is 5.92 Å². The van der Waals surface area contributed by atoms with Gasteiger partial charge in [-0.3, -0.25) is 9.59 Å². The predicted octanol–water partition coefficient (Wildman–Crippen LogP) is 4.84. The molecule has 0 saturated carbocycles. The van der Waals surface area contributed by atoms with E-state index in [1.807, 2.05) is 30.3 Å². The summed E-state index contributed by atoms with van der Waals surface area (Å²) in [5.41, 5.74) is 0.842. The third-order valence-corrected chi connectivity index (χ3v) is 6.72. The predicted molar refractivity (Wildman–Crippen MR) is 117 cm³/mol. The summed E-state index contributed by atoms with van der Waals surface area (Å²) in [4.78, 5) is 27.7. The highest BCUT2D eigenvalue weighted by atomic mass is 16.6. The van der Waals surface area contributed by atoms with Gasteiger partial charge in [0.25, 0.3) is 0 Å². The maximum Gasteiger partial charge on any atom is 0.317 e. The van der Waals surface area contributed by atoms with E-state index in [0.29, 0.717) is 18.5 Å². The Labute approximate surface area is 181 Å². The molecule has 166 valence electrons. The van der Waals surface area contributed by atoms with Crippen molar-refractivity contribution in [1.82, 2.24) is 4.90 Å². The first-order valence-corrected chi connectivity index (χ1v) is 11.7. The third kappa shape index (κ3) is 6.31. The van der Waals surface area contributed by atoms with Crippen LogP contribution in [0.3, 0.4) is 0 Å². The average molecular weight is 416 g/mol. The number of ether oxygens (including phenoxy) is 2. The van der Waals surface area contributed by atoms with Crippen molar-refractivity contribution in [3.63, 3.8) is 0 Å². The zero-order valence-corrected chi connectivity index (χ0v) is 18.6. The van der Waals surface area contributed by atoms with Crippen molar-refractivity contribution < 1.29 is 19.1 Å². The number of rotatable bonds is 11. The van der Waals surface area contributed by atoms with Gasteiger partial charge in [-0.15, -0.1) is 0 Å². The molecule has 2 heterocycles. The van der Waals surface area contributed by atoms with Gasteiger partial charge >= 0.3 is 11.9 Å². The van der Waals surface area contributed by atoms with Crippen LogP contribution >= 0.6 is 0 Å². The van der Waals surface area contributed by atoms with Crippen molar-refractivity contribution in [1.29, 1.82) is 0 Å². The van der Waals surface area contributed by atoms with Gasteiger partial charge in [0, 0.05) is 18.5 Å². The smallest absolute Gasteiger partial charge is 0.317 e. The van der Waals surface area contributed by atoms with Crippen molar-refractivity contribution in [2.45, 2.75) is 95.2 Å². The van der Waals surface area contributed by atoms with Crippen LogP contribution in [0, 0.1) is 0 Å². The molecular weight excluding hydrogens is 378 g/mol. The molecule has 0 amide bonds. The minimum absolute atomic E-state index is 0.0355. The molecule has 2 aliphatic heterocycles. The van der Waals surface area contributed by atoms with Gasteiger partial charge < -0.3 is 14.4 Å². The van der Waals surface area contributed by atoms with Crippen LogP contribution in [0.1, 0.15) is 82.6 Å². The first-order chi connectivity index (χ1) is 14.6. The van der Waals surface area contributed by atoms with Gasteiger partial charge in [-0.1, -0.05) is 62.9 Å². The summed E-state index contributed by atoms with van der Waals surface area (Å²) in [6, 6.07) is 10.6. The van der Waals surface area contributed by atoms with Gasteiger partial charge in [-0.2, -0.15) is 0 Å². The maximum atomic E-state index is 13.0. The number of hydrogen-bond donors (Lipinski definition) is 0. The van der Waals surface area contributed by atoms with Crippen LogP contribution in [0.5, 0.6) is 0 Å². The Bertz CT molecular complexity index is 663. The molecule has 0 N–H and O–H groups in total. The summed E-state index contributed by atoms with van der Waals surface area (Å²) >= 11 is 0. The Morgan fingerprint density at radius 3 is 2.37 bits per heavy atom. The van der Waals surface area contributed by atoms with Crippen LogP contribution in [0.25, 0.3) is 0 Å². The molecule has 2 bridgehead atoms. The first kappa shape index (κ1) is 22.8. The lowest BCUT2D eigenvalue weighted by Crippen LogP contribution is -2.44. The first-order valence-electron chi connectivity index (χ1n) is 11.7. The Balaban J connectivity index is 1.52. The van der Waals surface area contributed by atoms with Crippen LogP contribution in [0.15, 0.2) is 30.3 Å². The van der Waals surface area contributed by atoms with E-state index in [4.69, 9.17) is 9.47 Å². The van der Waals surface area contributed by atoms with E-state index >= 15 is 0 Å². The quantitative estimate of drug-likeness (QED) is 0.382. The van der Waals surface area contributed by atoms with Gasteiger partial charge in [0.05, 0.1) is 0 Å². The second-order valence-corrected chi connectivity index (χ2v) is 8.89. The van der Waals surface area contributed by atoms with Crippen LogP contribution < -0.4 is 0 Å². The third-order valence-electron chi connectivity index (χ3n) is 6.72. The summed E-state index contributed by atoms with van der Waals surface area (Å²) in [6.07, 6.45) is 9.99. The number of piperidine rings is 1. The van der Waals surface area contributed by atoms with Crippen molar-refractivity contribution >= 4 is 11.9 Å². The molecule has 2 saturated heterocycles. The fraction of sp³-hybridized carbons (Fsp3) is 0.680. The number of esters is 2. The van der Waals surface area contributed by atoms with Crippen molar-refractivity contribution in [2.75, 3.05) is 13.7 Å². The van der Waals surface area contributed by atoms with Gasteiger partial charge in [-0.25, -0.2) is 0 Å². The van der Waals surface area contributed by atoms with Crippen LogP contribution in [0.4, 0.5) is 0 Å². The zero-order chi connectivity index (χ0) is 21.3. The molecule has 5 heteroatoms. The van der Waals surface area contributed by atoms with Crippen molar-refractivity contribution in [2.24, 2.45) is 0 Å².